The number of carbonyl (C=O) groups is 1. The maximum absolute atomic E-state index is 12.3. The number of anilines is 2. The zero-order chi connectivity index (χ0) is 22.9. The van der Waals surface area contributed by atoms with Gasteiger partial charge in [-0.3, -0.25) is 10.1 Å². The number of carbonyl (C=O) groups excluding carboxylic acids is 1. The maximum Gasteiger partial charge on any atom is 0.422 e. The summed E-state index contributed by atoms with van der Waals surface area (Å²) >= 11 is 0. The predicted molar refractivity (Wildman–Crippen MR) is 109 cm³/mol. The van der Waals surface area contributed by atoms with Crippen molar-refractivity contribution in [3.8, 4) is 5.75 Å². The molecule has 2 aromatic carbocycles. The second-order valence-electron chi connectivity index (χ2n) is 6.85. The smallest absolute Gasteiger partial charge is 0.422 e. The fourth-order valence-corrected chi connectivity index (χ4v) is 3.03. The van der Waals surface area contributed by atoms with E-state index in [4.69, 9.17) is 14.3 Å². The van der Waals surface area contributed by atoms with Crippen LogP contribution in [-0.2, 0) is 7.05 Å². The van der Waals surface area contributed by atoms with E-state index in [0.29, 0.717) is 22.5 Å². The SMILES string of the molecule is Cn1c(Nc2nc3ccc(OCC(F)(F)F)cc3o2)nc2cc(C(=O)NCCO)ccc21. The van der Waals surface area contributed by atoms with E-state index in [-0.39, 0.29) is 36.4 Å². The molecule has 2 aromatic heterocycles. The first-order chi connectivity index (χ1) is 15.2. The Balaban J connectivity index is 1.55. The van der Waals surface area contributed by atoms with Gasteiger partial charge >= 0.3 is 12.2 Å². The number of aliphatic hydroxyl groups is 1. The first kappa shape index (κ1) is 21.4. The minimum atomic E-state index is -4.44. The van der Waals surface area contributed by atoms with Crippen LogP contribution in [-0.4, -0.2) is 51.5 Å². The first-order valence-corrected chi connectivity index (χ1v) is 9.46. The highest BCUT2D eigenvalue weighted by molar-refractivity contribution is 5.97. The number of ether oxygens (including phenoxy) is 1. The van der Waals surface area contributed by atoms with Crippen LogP contribution in [0.25, 0.3) is 22.1 Å². The molecular formula is C20H18F3N5O4. The van der Waals surface area contributed by atoms with E-state index in [1.807, 2.05) is 0 Å². The molecule has 0 spiro atoms. The van der Waals surface area contributed by atoms with E-state index < -0.39 is 12.8 Å². The van der Waals surface area contributed by atoms with Gasteiger partial charge in [0.2, 0.25) is 5.95 Å². The largest absolute Gasteiger partial charge is 0.484 e. The second-order valence-corrected chi connectivity index (χ2v) is 6.85. The molecule has 0 unspecified atom stereocenters. The monoisotopic (exact) mass is 449 g/mol. The number of aromatic nitrogens is 3. The van der Waals surface area contributed by atoms with Crippen LogP contribution in [0.5, 0.6) is 5.75 Å². The highest BCUT2D eigenvalue weighted by Gasteiger charge is 2.28. The lowest BCUT2D eigenvalue weighted by Crippen LogP contribution is -2.26. The van der Waals surface area contributed by atoms with Crippen LogP contribution >= 0.6 is 0 Å². The quantitative estimate of drug-likeness (QED) is 0.397. The molecule has 0 aliphatic rings. The number of nitrogens with zero attached hydrogens (tertiary/aromatic N) is 3. The summed E-state index contributed by atoms with van der Waals surface area (Å²) in [7, 11) is 1.76. The van der Waals surface area contributed by atoms with Crippen molar-refractivity contribution in [1.29, 1.82) is 0 Å². The van der Waals surface area contributed by atoms with Crippen LogP contribution in [0.1, 0.15) is 10.4 Å². The number of nitrogens with one attached hydrogen (secondary N) is 2. The summed E-state index contributed by atoms with van der Waals surface area (Å²) in [5.74, 6) is 0.0592. The molecule has 4 aromatic rings. The molecule has 0 bridgehead atoms. The Kier molecular flexibility index (Phi) is 5.61. The number of halogens is 3. The van der Waals surface area contributed by atoms with Gasteiger partial charge in [-0.2, -0.15) is 18.2 Å². The third kappa shape index (κ3) is 4.59. The molecule has 0 saturated heterocycles. The van der Waals surface area contributed by atoms with E-state index in [1.165, 1.54) is 18.2 Å². The Labute approximate surface area is 178 Å². The zero-order valence-electron chi connectivity index (χ0n) is 16.7. The predicted octanol–water partition coefficient (Wildman–Crippen LogP) is 3.12. The molecule has 0 aliphatic heterocycles. The number of fused-ring (bicyclic) bond motifs is 2. The molecule has 0 saturated carbocycles. The Morgan fingerprint density at radius 3 is 2.75 bits per heavy atom. The minimum Gasteiger partial charge on any atom is -0.484 e. The Morgan fingerprint density at radius 2 is 2.00 bits per heavy atom. The van der Waals surface area contributed by atoms with Crippen molar-refractivity contribution in [3.63, 3.8) is 0 Å². The normalized spacial score (nSPS) is 11.8. The summed E-state index contributed by atoms with van der Waals surface area (Å²) in [6.07, 6.45) is -4.44. The molecule has 3 N–H and O–H groups in total. The summed E-state index contributed by atoms with van der Waals surface area (Å²) in [6.45, 7) is -1.42. The van der Waals surface area contributed by atoms with Gasteiger partial charge in [0.1, 0.15) is 11.3 Å². The topological polar surface area (TPSA) is 114 Å². The molecule has 12 heteroatoms. The fourth-order valence-electron chi connectivity index (χ4n) is 3.03. The van der Waals surface area contributed by atoms with E-state index in [9.17, 15) is 18.0 Å². The van der Waals surface area contributed by atoms with Crippen molar-refractivity contribution in [2.45, 2.75) is 6.18 Å². The van der Waals surface area contributed by atoms with Gasteiger partial charge in [0, 0.05) is 25.2 Å². The molecule has 1 amide bonds. The molecule has 9 nitrogen and oxygen atoms in total. The molecule has 168 valence electrons. The van der Waals surface area contributed by atoms with Crippen LogP contribution < -0.4 is 15.4 Å². The van der Waals surface area contributed by atoms with Gasteiger partial charge in [-0.15, -0.1) is 0 Å². The number of hydrogen-bond acceptors (Lipinski definition) is 7. The molecule has 0 fully saturated rings. The third-order valence-electron chi connectivity index (χ3n) is 4.52. The number of aryl methyl sites for hydroxylation is 1. The van der Waals surface area contributed by atoms with Crippen molar-refractivity contribution in [2.75, 3.05) is 25.1 Å². The Morgan fingerprint density at radius 1 is 1.19 bits per heavy atom. The van der Waals surface area contributed by atoms with Crippen LogP contribution in [0.3, 0.4) is 0 Å². The van der Waals surface area contributed by atoms with Gasteiger partial charge in [-0.25, -0.2) is 4.98 Å². The Bertz CT molecular complexity index is 1280. The van der Waals surface area contributed by atoms with E-state index in [2.05, 4.69) is 20.6 Å². The number of amides is 1. The number of alkyl halides is 3. The van der Waals surface area contributed by atoms with Crippen LogP contribution in [0.15, 0.2) is 40.8 Å². The summed E-state index contributed by atoms with van der Waals surface area (Å²) in [4.78, 5) is 20.8. The van der Waals surface area contributed by atoms with Crippen LogP contribution in [0.4, 0.5) is 25.1 Å². The van der Waals surface area contributed by atoms with Crippen molar-refractivity contribution in [1.82, 2.24) is 19.9 Å². The first-order valence-electron chi connectivity index (χ1n) is 9.46. The van der Waals surface area contributed by atoms with Crippen molar-refractivity contribution in [2.24, 2.45) is 7.05 Å². The van der Waals surface area contributed by atoms with Crippen molar-refractivity contribution >= 4 is 40.0 Å². The van der Waals surface area contributed by atoms with E-state index >= 15 is 0 Å². The van der Waals surface area contributed by atoms with Gasteiger partial charge in [0.25, 0.3) is 5.91 Å². The second kappa shape index (κ2) is 8.38. The maximum atomic E-state index is 12.3. The lowest BCUT2D eigenvalue weighted by Gasteiger charge is -2.08. The van der Waals surface area contributed by atoms with Gasteiger partial charge in [0.05, 0.1) is 17.6 Å². The number of benzene rings is 2. The van der Waals surface area contributed by atoms with E-state index in [1.54, 1.807) is 29.8 Å². The summed E-state index contributed by atoms with van der Waals surface area (Å²) in [5.41, 5.74) is 2.35. The number of rotatable bonds is 7. The zero-order valence-corrected chi connectivity index (χ0v) is 16.7. The molecule has 32 heavy (non-hydrogen) atoms. The average molecular weight is 449 g/mol. The summed E-state index contributed by atoms with van der Waals surface area (Å²) in [6, 6.07) is 9.27. The number of hydrogen-bond donors (Lipinski definition) is 3. The van der Waals surface area contributed by atoms with Crippen molar-refractivity contribution in [3.05, 3.63) is 42.0 Å². The fraction of sp³-hybridized carbons (Fsp3) is 0.250. The number of oxazole rings is 1. The van der Waals surface area contributed by atoms with Gasteiger partial charge < -0.3 is 24.1 Å². The van der Waals surface area contributed by atoms with Crippen LogP contribution in [0, 0.1) is 0 Å². The molecule has 4 rings (SSSR count). The lowest BCUT2D eigenvalue weighted by atomic mass is 10.2. The van der Waals surface area contributed by atoms with Gasteiger partial charge in [-0.05, 0) is 30.3 Å². The van der Waals surface area contributed by atoms with E-state index in [0.717, 1.165) is 5.52 Å². The molecule has 0 radical (unpaired) electrons. The highest BCUT2D eigenvalue weighted by atomic mass is 19.4. The highest BCUT2D eigenvalue weighted by Crippen LogP contribution is 2.28. The van der Waals surface area contributed by atoms with Gasteiger partial charge in [-0.1, -0.05) is 0 Å². The summed E-state index contributed by atoms with van der Waals surface area (Å²) < 4.78 is 49.1. The Hall–Kier alpha value is -3.80. The molecular weight excluding hydrogens is 431 g/mol. The number of aliphatic hydroxyl groups excluding tert-OH is 1. The minimum absolute atomic E-state index is 0.00672. The standard InChI is InChI=1S/C20H18F3N5O4/c1-28-15-5-2-11(17(30)24-6-7-29)8-14(15)25-18(28)27-19-26-13-4-3-12(9-16(13)32-19)31-10-20(21,22)23/h2-5,8-9,29H,6-7,10H2,1H3,(H,24,30)(H,25,26,27). The molecule has 0 aliphatic carbocycles. The average Bonchev–Trinajstić information content (AvgIpc) is 3.29. The van der Waals surface area contributed by atoms with Crippen molar-refractivity contribution < 1.29 is 32.2 Å². The molecule has 0 atom stereocenters. The number of imidazole rings is 1. The van der Waals surface area contributed by atoms with Gasteiger partial charge in [0.15, 0.2) is 12.2 Å². The molecule has 2 heterocycles. The summed E-state index contributed by atoms with van der Waals surface area (Å²) in [5, 5.41) is 14.3. The third-order valence-corrected chi connectivity index (χ3v) is 4.52. The van der Waals surface area contributed by atoms with Crippen LogP contribution in [0.2, 0.25) is 0 Å². The lowest BCUT2D eigenvalue weighted by molar-refractivity contribution is -0.153.